The second-order valence-corrected chi connectivity index (χ2v) is 6.70. The maximum absolute atomic E-state index is 11.3. The van der Waals surface area contributed by atoms with Crippen LogP contribution in [0.4, 0.5) is 0 Å². The van der Waals surface area contributed by atoms with Crippen LogP contribution in [0.5, 0.6) is 0 Å². The lowest BCUT2D eigenvalue weighted by Gasteiger charge is -2.29. The van der Waals surface area contributed by atoms with Gasteiger partial charge in [-0.2, -0.15) is 0 Å². The summed E-state index contributed by atoms with van der Waals surface area (Å²) in [7, 11) is 1.38. The molecule has 2 aromatic rings. The van der Waals surface area contributed by atoms with Crippen molar-refractivity contribution in [2.75, 3.05) is 26.8 Å². The highest BCUT2D eigenvalue weighted by Gasteiger charge is 2.27. The summed E-state index contributed by atoms with van der Waals surface area (Å²) >= 11 is 0. The smallest absolute Gasteiger partial charge is 0.330 e. The van der Waals surface area contributed by atoms with Crippen LogP contribution in [0.3, 0.4) is 0 Å². The fourth-order valence-electron chi connectivity index (χ4n) is 3.69. The molecule has 0 fully saturated rings. The minimum atomic E-state index is -0.350. The molecular weight excluding hydrogens is 340 g/mol. The van der Waals surface area contributed by atoms with E-state index in [1.165, 1.54) is 24.3 Å². The van der Waals surface area contributed by atoms with Gasteiger partial charge in [0.25, 0.3) is 0 Å². The number of aromatic nitrogens is 1. The Balaban J connectivity index is 1.71. The first kappa shape index (κ1) is 19.3. The van der Waals surface area contributed by atoms with E-state index in [0.29, 0.717) is 12.6 Å². The van der Waals surface area contributed by atoms with Crippen LogP contribution in [0.15, 0.2) is 48.7 Å². The van der Waals surface area contributed by atoms with Gasteiger partial charge in [-0.15, -0.1) is 0 Å². The molecule has 1 heterocycles. The van der Waals surface area contributed by atoms with E-state index >= 15 is 0 Å². The van der Waals surface area contributed by atoms with Crippen LogP contribution in [0, 0.1) is 0 Å². The zero-order chi connectivity index (χ0) is 19.1. The second kappa shape index (κ2) is 9.44. The van der Waals surface area contributed by atoms with Gasteiger partial charge in [0, 0.05) is 43.5 Å². The number of carbonyl (C=O) groups excluding carboxylic acids is 1. The molecule has 3 rings (SSSR count). The van der Waals surface area contributed by atoms with E-state index in [9.17, 15) is 9.90 Å². The third-order valence-corrected chi connectivity index (χ3v) is 5.04. The summed E-state index contributed by atoms with van der Waals surface area (Å²) in [6.45, 7) is 1.67. The van der Waals surface area contributed by atoms with Crippen molar-refractivity contribution in [1.29, 1.82) is 0 Å². The Morgan fingerprint density at radius 2 is 2.22 bits per heavy atom. The Hall–Kier alpha value is -2.50. The molecule has 5 heteroatoms. The number of ether oxygens (including phenoxy) is 1. The predicted octanol–water partition coefficient (Wildman–Crippen LogP) is 2.79. The Morgan fingerprint density at radius 3 is 2.96 bits per heavy atom. The van der Waals surface area contributed by atoms with Crippen LogP contribution in [-0.4, -0.2) is 47.8 Å². The summed E-state index contributed by atoms with van der Waals surface area (Å²) in [5.74, 6) is -0.350. The van der Waals surface area contributed by atoms with Crippen LogP contribution >= 0.6 is 0 Å². The molecular formula is C22H26N2O3. The van der Waals surface area contributed by atoms with Crippen molar-refractivity contribution in [3.05, 3.63) is 71.1 Å². The Morgan fingerprint density at radius 1 is 1.33 bits per heavy atom. The van der Waals surface area contributed by atoms with Crippen molar-refractivity contribution in [2.45, 2.75) is 25.3 Å². The number of fused-ring (bicyclic) bond motifs is 1. The van der Waals surface area contributed by atoms with E-state index in [1.807, 2.05) is 30.5 Å². The first-order valence-corrected chi connectivity index (χ1v) is 9.35. The summed E-state index contributed by atoms with van der Waals surface area (Å²) in [5, 5.41) is 9.52. The van der Waals surface area contributed by atoms with Crippen molar-refractivity contribution >= 4 is 12.0 Å². The van der Waals surface area contributed by atoms with Gasteiger partial charge in [-0.1, -0.05) is 24.3 Å². The summed E-state index contributed by atoms with van der Waals surface area (Å²) in [6.07, 6.45) is 7.96. The molecule has 27 heavy (non-hydrogen) atoms. The summed E-state index contributed by atoms with van der Waals surface area (Å²) in [5.41, 5.74) is 4.71. The van der Waals surface area contributed by atoms with Gasteiger partial charge in [0.1, 0.15) is 0 Å². The fraction of sp³-hybridized carbons (Fsp3) is 0.364. The van der Waals surface area contributed by atoms with Crippen molar-refractivity contribution in [3.63, 3.8) is 0 Å². The van der Waals surface area contributed by atoms with Gasteiger partial charge in [-0.3, -0.25) is 9.88 Å². The molecule has 5 nitrogen and oxygen atoms in total. The maximum Gasteiger partial charge on any atom is 0.330 e. The van der Waals surface area contributed by atoms with Gasteiger partial charge in [0.2, 0.25) is 0 Å². The van der Waals surface area contributed by atoms with E-state index in [0.717, 1.165) is 37.1 Å². The Kier molecular flexibility index (Phi) is 6.74. The molecule has 1 aliphatic carbocycles. The quantitative estimate of drug-likeness (QED) is 0.575. The van der Waals surface area contributed by atoms with Gasteiger partial charge in [0.05, 0.1) is 13.7 Å². The Labute approximate surface area is 160 Å². The van der Waals surface area contributed by atoms with Gasteiger partial charge in [-0.25, -0.2) is 4.79 Å². The third kappa shape index (κ3) is 5.02. The number of carbonyl (C=O) groups is 1. The number of methoxy groups -OCH3 is 1. The first-order chi connectivity index (χ1) is 13.2. The van der Waals surface area contributed by atoms with Gasteiger partial charge >= 0.3 is 5.97 Å². The third-order valence-electron chi connectivity index (χ3n) is 5.04. The van der Waals surface area contributed by atoms with E-state index in [2.05, 4.69) is 26.8 Å². The molecule has 1 aromatic heterocycles. The van der Waals surface area contributed by atoms with E-state index in [-0.39, 0.29) is 12.6 Å². The van der Waals surface area contributed by atoms with E-state index in [4.69, 9.17) is 0 Å². The highest BCUT2D eigenvalue weighted by Crippen LogP contribution is 2.36. The molecule has 0 saturated heterocycles. The summed E-state index contributed by atoms with van der Waals surface area (Å²) in [6, 6.07) is 12.6. The molecule has 0 spiro atoms. The molecule has 0 amide bonds. The van der Waals surface area contributed by atoms with Crippen molar-refractivity contribution < 1.29 is 14.6 Å². The van der Waals surface area contributed by atoms with Crippen LogP contribution < -0.4 is 0 Å². The highest BCUT2D eigenvalue weighted by molar-refractivity contribution is 5.86. The van der Waals surface area contributed by atoms with Crippen LogP contribution in [0.25, 0.3) is 6.08 Å². The fourth-order valence-corrected chi connectivity index (χ4v) is 3.69. The molecule has 1 aliphatic rings. The zero-order valence-electron chi connectivity index (χ0n) is 15.7. The summed E-state index contributed by atoms with van der Waals surface area (Å²) in [4.78, 5) is 18.0. The number of benzene rings is 1. The number of hydrogen-bond donors (Lipinski definition) is 1. The maximum atomic E-state index is 11.3. The molecule has 0 radical (unpaired) electrons. The molecule has 0 saturated carbocycles. The molecule has 0 aliphatic heterocycles. The van der Waals surface area contributed by atoms with E-state index < -0.39 is 0 Å². The molecule has 1 atom stereocenters. The van der Waals surface area contributed by atoms with Crippen molar-refractivity contribution in [2.24, 2.45) is 0 Å². The van der Waals surface area contributed by atoms with E-state index in [1.54, 1.807) is 6.08 Å². The Bertz CT molecular complexity index is 789. The lowest BCUT2D eigenvalue weighted by molar-refractivity contribution is -0.134. The van der Waals surface area contributed by atoms with Gasteiger partial charge < -0.3 is 9.84 Å². The van der Waals surface area contributed by atoms with Crippen LogP contribution in [0.1, 0.15) is 34.8 Å². The lowest BCUT2D eigenvalue weighted by Crippen LogP contribution is -2.32. The number of aliphatic hydroxyl groups is 1. The molecule has 1 N–H and O–H groups in total. The number of pyridine rings is 1. The molecule has 0 bridgehead atoms. The van der Waals surface area contributed by atoms with Crippen molar-refractivity contribution in [1.82, 2.24) is 9.88 Å². The van der Waals surface area contributed by atoms with Crippen molar-refractivity contribution in [3.8, 4) is 0 Å². The first-order valence-electron chi connectivity index (χ1n) is 9.35. The number of esters is 1. The average molecular weight is 366 g/mol. The molecule has 142 valence electrons. The minimum Gasteiger partial charge on any atom is -0.466 e. The molecule has 1 aromatic carbocycles. The molecule has 1 unspecified atom stereocenters. The highest BCUT2D eigenvalue weighted by atomic mass is 16.5. The monoisotopic (exact) mass is 366 g/mol. The van der Waals surface area contributed by atoms with Gasteiger partial charge in [0.15, 0.2) is 0 Å². The topological polar surface area (TPSA) is 62.7 Å². The number of nitrogens with zero attached hydrogens (tertiary/aromatic N) is 2. The largest absolute Gasteiger partial charge is 0.466 e. The standard InChI is InChI=1S/C22H26N2O3/c1-27-22(26)10-6-17-5-8-20-18(16-17)7-9-21(20)24(14-15-25)13-11-19-4-2-3-12-23-19/h2-6,8,10,12,16,21,25H,7,9,11,13-15H2,1H3/b10-6+. The number of aryl methyl sites for hydroxylation is 1. The minimum absolute atomic E-state index is 0.147. The second-order valence-electron chi connectivity index (χ2n) is 6.70. The number of aliphatic hydroxyl groups excluding tert-OH is 1. The summed E-state index contributed by atoms with van der Waals surface area (Å²) < 4.78 is 4.64. The number of hydrogen-bond acceptors (Lipinski definition) is 5. The predicted molar refractivity (Wildman–Crippen MR) is 105 cm³/mol. The van der Waals surface area contributed by atoms with Gasteiger partial charge in [-0.05, 0) is 47.7 Å². The van der Waals surface area contributed by atoms with Crippen LogP contribution in [0.2, 0.25) is 0 Å². The number of rotatable bonds is 8. The SMILES string of the molecule is COC(=O)/C=C/c1ccc2c(c1)CCC2N(CCO)CCc1ccccn1. The normalized spacial score (nSPS) is 16.0. The average Bonchev–Trinajstić information content (AvgIpc) is 3.13. The zero-order valence-corrected chi connectivity index (χ0v) is 15.7. The van der Waals surface area contributed by atoms with Crippen LogP contribution in [-0.2, 0) is 22.4 Å². The lowest BCUT2D eigenvalue weighted by atomic mass is 10.0.